The number of carboxylic acids is 2. The number of anilines is 1. The Balaban J connectivity index is 0.000000301. The van der Waals surface area contributed by atoms with Crippen LogP contribution in [0.4, 0.5) is 32.3 Å². The molecule has 38 heavy (non-hydrogen) atoms. The van der Waals surface area contributed by atoms with E-state index in [0.717, 1.165) is 64.0 Å². The highest BCUT2D eigenvalue weighted by molar-refractivity contribution is 5.73. The van der Waals surface area contributed by atoms with Crippen LogP contribution in [0.2, 0.25) is 0 Å². The van der Waals surface area contributed by atoms with Gasteiger partial charge in [0.25, 0.3) is 0 Å². The van der Waals surface area contributed by atoms with Gasteiger partial charge >= 0.3 is 24.3 Å². The van der Waals surface area contributed by atoms with Crippen molar-refractivity contribution in [2.24, 2.45) is 5.41 Å². The van der Waals surface area contributed by atoms with Gasteiger partial charge in [0.05, 0.1) is 18.9 Å². The van der Waals surface area contributed by atoms with E-state index >= 15 is 0 Å². The molecule has 1 unspecified atom stereocenters. The fraction of sp³-hybridized carbons (Fsp3) is 0.500. The van der Waals surface area contributed by atoms with E-state index in [2.05, 4.69) is 36.9 Å². The number of aliphatic carboxylic acids is 2. The second kappa shape index (κ2) is 13.3. The van der Waals surface area contributed by atoms with Crippen LogP contribution in [0.25, 0.3) is 0 Å². The quantitative estimate of drug-likeness (QED) is 0.548. The lowest BCUT2D eigenvalue weighted by Crippen LogP contribution is -2.40. The van der Waals surface area contributed by atoms with E-state index in [4.69, 9.17) is 24.5 Å². The third-order valence-electron chi connectivity index (χ3n) is 5.39. The lowest BCUT2D eigenvalue weighted by atomic mass is 9.87. The molecule has 2 N–H and O–H groups in total. The summed E-state index contributed by atoms with van der Waals surface area (Å²) in [6.45, 7) is 6.42. The molecule has 0 aliphatic carbocycles. The Morgan fingerprint density at radius 1 is 0.895 bits per heavy atom. The molecule has 10 nitrogen and oxygen atoms in total. The summed E-state index contributed by atoms with van der Waals surface area (Å²) in [4.78, 5) is 35.8. The number of carboxylic acid groups (broad SMARTS) is 2. The second-order valence-corrected chi connectivity index (χ2v) is 8.41. The summed E-state index contributed by atoms with van der Waals surface area (Å²) >= 11 is 0. The van der Waals surface area contributed by atoms with Crippen LogP contribution < -0.4 is 4.90 Å². The summed E-state index contributed by atoms with van der Waals surface area (Å²) in [5.41, 5.74) is 1.28. The first kappa shape index (κ1) is 30.7. The number of ether oxygens (including phenoxy) is 1. The zero-order valence-corrected chi connectivity index (χ0v) is 19.8. The minimum absolute atomic E-state index is 0.157. The Morgan fingerprint density at radius 3 is 2.00 bits per heavy atom. The predicted molar refractivity (Wildman–Crippen MR) is 119 cm³/mol. The van der Waals surface area contributed by atoms with Crippen molar-refractivity contribution in [3.05, 3.63) is 48.5 Å². The first-order valence-corrected chi connectivity index (χ1v) is 11.0. The van der Waals surface area contributed by atoms with Gasteiger partial charge in [0.15, 0.2) is 0 Å². The van der Waals surface area contributed by atoms with Gasteiger partial charge in [-0.05, 0) is 24.6 Å². The third kappa shape index (κ3) is 10.1. The number of carbonyl (C=O) groups is 2. The van der Waals surface area contributed by atoms with E-state index in [0.29, 0.717) is 0 Å². The van der Waals surface area contributed by atoms with Crippen molar-refractivity contribution in [1.82, 2.24) is 19.9 Å². The number of pyridine rings is 1. The van der Waals surface area contributed by atoms with Crippen molar-refractivity contribution < 1.29 is 50.9 Å². The number of hydrogen-bond donors (Lipinski definition) is 2. The van der Waals surface area contributed by atoms with Crippen molar-refractivity contribution in [3.8, 4) is 0 Å². The molecule has 2 fully saturated rings. The Bertz CT molecular complexity index is 1000. The molecule has 0 bridgehead atoms. The van der Waals surface area contributed by atoms with Gasteiger partial charge in [-0.2, -0.15) is 26.3 Å². The molecule has 0 radical (unpaired) electrons. The summed E-state index contributed by atoms with van der Waals surface area (Å²) in [5, 5.41) is 14.2. The zero-order valence-electron chi connectivity index (χ0n) is 19.8. The normalized spacial score (nSPS) is 20.0. The number of alkyl halides is 6. The van der Waals surface area contributed by atoms with Crippen LogP contribution in [0.1, 0.15) is 12.1 Å². The molecule has 2 aromatic heterocycles. The van der Waals surface area contributed by atoms with Gasteiger partial charge in [0.2, 0.25) is 5.95 Å². The third-order valence-corrected chi connectivity index (χ3v) is 5.39. The molecule has 0 aromatic carbocycles. The van der Waals surface area contributed by atoms with Gasteiger partial charge in [-0.1, -0.05) is 6.07 Å². The molecule has 1 atom stereocenters. The van der Waals surface area contributed by atoms with Gasteiger partial charge in [-0.15, -0.1) is 0 Å². The van der Waals surface area contributed by atoms with Gasteiger partial charge in [0.1, 0.15) is 0 Å². The zero-order chi connectivity index (χ0) is 28.4. The summed E-state index contributed by atoms with van der Waals surface area (Å²) in [5.74, 6) is -4.69. The average Bonchev–Trinajstić information content (AvgIpc) is 3.16. The van der Waals surface area contributed by atoms with E-state index in [1.54, 1.807) is 0 Å². The molecule has 210 valence electrons. The second-order valence-electron chi connectivity index (χ2n) is 8.41. The number of aromatic nitrogens is 3. The topological polar surface area (TPSA) is 129 Å². The molecule has 2 saturated heterocycles. The Labute approximate surface area is 212 Å². The SMILES string of the molecule is O=C(O)C(F)(F)F.O=C(O)C(F)(F)F.c1ccc(CN2CCOCC3(CCN(c4ncccn4)C3)C2)nc1. The van der Waals surface area contributed by atoms with Gasteiger partial charge in [0, 0.05) is 56.7 Å². The average molecular weight is 553 g/mol. The maximum atomic E-state index is 10.6. The van der Waals surface area contributed by atoms with Crippen molar-refractivity contribution >= 4 is 17.9 Å². The molecule has 0 saturated carbocycles. The fourth-order valence-corrected chi connectivity index (χ4v) is 3.74. The van der Waals surface area contributed by atoms with Crippen LogP contribution in [-0.2, 0) is 20.9 Å². The molecule has 4 heterocycles. The van der Waals surface area contributed by atoms with Gasteiger partial charge in [-0.25, -0.2) is 19.6 Å². The minimum atomic E-state index is -5.08. The minimum Gasteiger partial charge on any atom is -0.475 e. The van der Waals surface area contributed by atoms with Crippen LogP contribution in [0.15, 0.2) is 42.9 Å². The van der Waals surface area contributed by atoms with Gasteiger partial charge in [-0.3, -0.25) is 9.88 Å². The summed E-state index contributed by atoms with van der Waals surface area (Å²) in [6.07, 6.45) is -3.57. The molecule has 2 aliphatic heterocycles. The summed E-state index contributed by atoms with van der Waals surface area (Å²) in [7, 11) is 0. The Morgan fingerprint density at radius 2 is 1.47 bits per heavy atom. The first-order chi connectivity index (χ1) is 17.7. The Kier molecular flexibility index (Phi) is 10.8. The van der Waals surface area contributed by atoms with Crippen molar-refractivity contribution in [1.29, 1.82) is 0 Å². The monoisotopic (exact) mass is 553 g/mol. The molecule has 2 aromatic rings. The highest BCUT2D eigenvalue weighted by atomic mass is 19.4. The fourth-order valence-electron chi connectivity index (χ4n) is 3.74. The maximum Gasteiger partial charge on any atom is 0.490 e. The van der Waals surface area contributed by atoms with E-state index in [-0.39, 0.29) is 5.41 Å². The van der Waals surface area contributed by atoms with Crippen LogP contribution in [-0.4, -0.2) is 93.7 Å². The highest BCUT2D eigenvalue weighted by Gasteiger charge is 2.42. The van der Waals surface area contributed by atoms with Crippen LogP contribution in [0.3, 0.4) is 0 Å². The van der Waals surface area contributed by atoms with Crippen LogP contribution in [0.5, 0.6) is 0 Å². The largest absolute Gasteiger partial charge is 0.490 e. The molecular formula is C22H25F6N5O5. The summed E-state index contributed by atoms with van der Waals surface area (Å²) < 4.78 is 69.4. The molecule has 0 amide bonds. The predicted octanol–water partition coefficient (Wildman–Crippen LogP) is 2.87. The van der Waals surface area contributed by atoms with E-state index < -0.39 is 24.3 Å². The number of halogens is 6. The van der Waals surface area contributed by atoms with E-state index in [9.17, 15) is 26.3 Å². The molecule has 4 rings (SSSR count). The van der Waals surface area contributed by atoms with Crippen molar-refractivity contribution in [3.63, 3.8) is 0 Å². The van der Waals surface area contributed by atoms with E-state index in [1.165, 1.54) is 0 Å². The molecule has 2 aliphatic rings. The first-order valence-electron chi connectivity index (χ1n) is 11.0. The molecular weight excluding hydrogens is 528 g/mol. The van der Waals surface area contributed by atoms with Crippen molar-refractivity contribution in [2.75, 3.05) is 44.3 Å². The van der Waals surface area contributed by atoms with E-state index in [1.807, 2.05) is 30.7 Å². The maximum absolute atomic E-state index is 10.6. The number of nitrogens with zero attached hydrogens (tertiary/aromatic N) is 5. The standard InChI is InChI=1S/C18H23N5O.2C2HF3O2/c1-2-6-19-16(4-1)12-22-10-11-24-15-18(13-22)5-9-23(14-18)17-20-7-3-8-21-17;2*3-2(4,5)1(6)7/h1-4,6-8H,5,9-15H2;2*(H,6,7). The number of hydrogen-bond acceptors (Lipinski definition) is 8. The van der Waals surface area contributed by atoms with Crippen molar-refractivity contribution in [2.45, 2.75) is 25.3 Å². The lowest BCUT2D eigenvalue weighted by molar-refractivity contribution is -0.193. The number of rotatable bonds is 3. The summed E-state index contributed by atoms with van der Waals surface area (Å²) in [6, 6.07) is 7.97. The van der Waals surface area contributed by atoms with Crippen LogP contribution >= 0.6 is 0 Å². The molecule has 16 heteroatoms. The lowest BCUT2D eigenvalue weighted by Gasteiger charge is -2.31. The Hall–Kier alpha value is -3.53. The smallest absolute Gasteiger partial charge is 0.475 e. The van der Waals surface area contributed by atoms with Gasteiger partial charge < -0.3 is 19.8 Å². The van der Waals surface area contributed by atoms with Crippen LogP contribution in [0, 0.1) is 5.41 Å². The highest BCUT2D eigenvalue weighted by Crippen LogP contribution is 2.35. The molecule has 1 spiro atoms.